The van der Waals surface area contributed by atoms with E-state index in [2.05, 4.69) is 5.32 Å². The molecule has 2 aromatic carbocycles. The first-order chi connectivity index (χ1) is 10.1. The second-order valence-corrected chi connectivity index (χ2v) is 6.15. The largest absolute Gasteiger partial charge is 0.316 e. The van der Waals surface area contributed by atoms with E-state index in [0.717, 1.165) is 5.56 Å². The Hall–Kier alpha value is -1.10. The van der Waals surface area contributed by atoms with Crippen molar-refractivity contribution in [1.82, 2.24) is 5.32 Å². The Morgan fingerprint density at radius 3 is 2.57 bits per heavy atom. The monoisotopic (exact) mass is 327 g/mol. The van der Waals surface area contributed by atoms with Crippen LogP contribution in [0.15, 0.2) is 47.4 Å². The van der Waals surface area contributed by atoms with E-state index in [1.165, 1.54) is 23.9 Å². The van der Waals surface area contributed by atoms with E-state index in [-0.39, 0.29) is 16.9 Å². The van der Waals surface area contributed by atoms with Crippen molar-refractivity contribution in [1.29, 1.82) is 0 Å². The van der Waals surface area contributed by atoms with E-state index in [4.69, 9.17) is 11.6 Å². The van der Waals surface area contributed by atoms with Gasteiger partial charge in [0.2, 0.25) is 0 Å². The van der Waals surface area contributed by atoms with Crippen LogP contribution in [-0.4, -0.2) is 18.8 Å². The van der Waals surface area contributed by atoms with Crippen molar-refractivity contribution in [3.05, 3.63) is 64.7 Å². The summed E-state index contributed by atoms with van der Waals surface area (Å²) in [6.07, 6.45) is 0.659. The van der Waals surface area contributed by atoms with Crippen LogP contribution in [0.1, 0.15) is 5.56 Å². The van der Waals surface area contributed by atoms with E-state index in [1.54, 1.807) is 18.2 Å². The smallest absolute Gasteiger partial charge is 0.142 e. The summed E-state index contributed by atoms with van der Waals surface area (Å²) >= 11 is 7.12. The van der Waals surface area contributed by atoms with Gasteiger partial charge in [0.05, 0.1) is 5.02 Å². The second kappa shape index (κ2) is 7.78. The van der Waals surface area contributed by atoms with Crippen LogP contribution in [0.4, 0.5) is 8.78 Å². The first-order valence-corrected chi connectivity index (χ1v) is 7.95. The van der Waals surface area contributed by atoms with Gasteiger partial charge in [-0.2, -0.15) is 0 Å². The summed E-state index contributed by atoms with van der Waals surface area (Å²) in [7, 11) is 1.85. The molecule has 0 spiro atoms. The minimum atomic E-state index is -0.411. The van der Waals surface area contributed by atoms with Crippen LogP contribution in [0.2, 0.25) is 5.02 Å². The minimum Gasteiger partial charge on any atom is -0.316 e. The van der Waals surface area contributed by atoms with Gasteiger partial charge in [-0.05, 0) is 43.3 Å². The number of hydrogen-bond donors (Lipinski definition) is 1. The van der Waals surface area contributed by atoms with Crippen LogP contribution in [0.5, 0.6) is 0 Å². The molecule has 0 amide bonds. The van der Waals surface area contributed by atoms with Crippen LogP contribution < -0.4 is 5.32 Å². The lowest BCUT2D eigenvalue weighted by Gasteiger charge is -2.16. The summed E-state index contributed by atoms with van der Waals surface area (Å²) in [6.45, 7) is 0. The lowest BCUT2D eigenvalue weighted by molar-refractivity contribution is 0.595. The maximum Gasteiger partial charge on any atom is 0.142 e. The molecule has 0 aliphatic carbocycles. The van der Waals surface area contributed by atoms with Gasteiger partial charge in [0.1, 0.15) is 11.6 Å². The molecule has 112 valence electrons. The fraction of sp³-hybridized carbons (Fsp3) is 0.250. The molecule has 0 saturated heterocycles. The molecule has 0 radical (unpaired) electrons. The van der Waals surface area contributed by atoms with Crippen LogP contribution in [0.25, 0.3) is 0 Å². The SMILES string of the molecule is CNC(CSc1ccccc1F)Cc1ccc(Cl)c(F)c1. The Balaban J connectivity index is 1.97. The fourth-order valence-electron chi connectivity index (χ4n) is 1.95. The normalized spacial score (nSPS) is 12.4. The van der Waals surface area contributed by atoms with Gasteiger partial charge >= 0.3 is 0 Å². The predicted molar refractivity (Wildman–Crippen MR) is 85.1 cm³/mol. The molecule has 0 bridgehead atoms. The summed E-state index contributed by atoms with van der Waals surface area (Å²) in [5.41, 5.74) is 0.866. The van der Waals surface area contributed by atoms with E-state index in [0.29, 0.717) is 17.1 Å². The number of thioether (sulfide) groups is 1. The molecule has 0 fully saturated rings. The zero-order valence-corrected chi connectivity index (χ0v) is 13.1. The molecule has 0 heterocycles. The highest BCUT2D eigenvalue weighted by atomic mass is 35.5. The van der Waals surface area contributed by atoms with Gasteiger partial charge in [-0.3, -0.25) is 0 Å². The summed E-state index contributed by atoms with van der Waals surface area (Å²) in [5.74, 6) is 0.0717. The number of rotatable bonds is 6. The Bertz CT molecular complexity index is 607. The molecule has 0 saturated carbocycles. The van der Waals surface area contributed by atoms with Crippen LogP contribution >= 0.6 is 23.4 Å². The Morgan fingerprint density at radius 1 is 1.14 bits per heavy atom. The van der Waals surface area contributed by atoms with Crippen molar-refractivity contribution >= 4 is 23.4 Å². The highest BCUT2D eigenvalue weighted by Gasteiger charge is 2.11. The third kappa shape index (κ3) is 4.70. The molecule has 1 nitrogen and oxygen atoms in total. The van der Waals surface area contributed by atoms with Crippen molar-refractivity contribution < 1.29 is 8.78 Å². The summed E-state index contributed by atoms with van der Waals surface area (Å²) in [6, 6.07) is 11.6. The van der Waals surface area contributed by atoms with Crippen molar-refractivity contribution in [3.63, 3.8) is 0 Å². The fourth-order valence-corrected chi connectivity index (χ4v) is 3.11. The van der Waals surface area contributed by atoms with E-state index in [1.807, 2.05) is 19.2 Å². The number of likely N-dealkylation sites (N-methyl/N-ethyl adjacent to an activating group) is 1. The van der Waals surface area contributed by atoms with Crippen LogP contribution in [0.3, 0.4) is 0 Å². The summed E-state index contributed by atoms with van der Waals surface area (Å²) in [4.78, 5) is 0.625. The maximum absolute atomic E-state index is 13.6. The van der Waals surface area contributed by atoms with Gasteiger partial charge in [-0.1, -0.05) is 29.8 Å². The Kier molecular flexibility index (Phi) is 6.03. The molecule has 1 N–H and O–H groups in total. The summed E-state index contributed by atoms with van der Waals surface area (Å²) < 4.78 is 27.0. The van der Waals surface area contributed by atoms with Gasteiger partial charge < -0.3 is 5.32 Å². The third-order valence-corrected chi connectivity index (χ3v) is 4.67. The minimum absolute atomic E-state index is 0.121. The highest BCUT2D eigenvalue weighted by molar-refractivity contribution is 7.99. The molecule has 2 rings (SSSR count). The molecule has 2 aromatic rings. The average Bonchev–Trinajstić information content (AvgIpc) is 2.48. The first kappa shape index (κ1) is 16.3. The molecular formula is C16H16ClF2NS. The Labute approximate surface area is 132 Å². The maximum atomic E-state index is 13.6. The lowest BCUT2D eigenvalue weighted by atomic mass is 10.1. The number of nitrogens with one attached hydrogen (secondary N) is 1. The topological polar surface area (TPSA) is 12.0 Å². The molecule has 21 heavy (non-hydrogen) atoms. The van der Waals surface area contributed by atoms with Gasteiger partial charge in [-0.25, -0.2) is 8.78 Å². The number of benzene rings is 2. The Morgan fingerprint density at radius 2 is 1.90 bits per heavy atom. The number of hydrogen-bond acceptors (Lipinski definition) is 2. The van der Waals surface area contributed by atoms with Crippen LogP contribution in [0, 0.1) is 11.6 Å². The first-order valence-electron chi connectivity index (χ1n) is 6.58. The lowest BCUT2D eigenvalue weighted by Crippen LogP contribution is -2.30. The highest BCUT2D eigenvalue weighted by Crippen LogP contribution is 2.23. The van der Waals surface area contributed by atoms with Gasteiger partial charge in [0.25, 0.3) is 0 Å². The molecule has 1 atom stereocenters. The zero-order valence-electron chi connectivity index (χ0n) is 11.6. The van der Waals surface area contributed by atoms with Gasteiger partial charge in [-0.15, -0.1) is 11.8 Å². The third-order valence-electron chi connectivity index (χ3n) is 3.15. The second-order valence-electron chi connectivity index (χ2n) is 4.68. The molecule has 0 aliphatic rings. The van der Waals surface area contributed by atoms with E-state index < -0.39 is 5.82 Å². The molecule has 0 aliphatic heterocycles. The predicted octanol–water partition coefficient (Wildman–Crippen LogP) is 4.54. The molecular weight excluding hydrogens is 312 g/mol. The van der Waals surface area contributed by atoms with Crippen molar-refractivity contribution in [2.24, 2.45) is 0 Å². The van der Waals surface area contributed by atoms with Crippen molar-refractivity contribution in [3.8, 4) is 0 Å². The average molecular weight is 328 g/mol. The zero-order chi connectivity index (χ0) is 15.2. The molecule has 0 aromatic heterocycles. The van der Waals surface area contributed by atoms with Crippen LogP contribution in [-0.2, 0) is 6.42 Å². The van der Waals surface area contributed by atoms with E-state index in [9.17, 15) is 8.78 Å². The van der Waals surface area contributed by atoms with Crippen molar-refractivity contribution in [2.45, 2.75) is 17.4 Å². The van der Waals surface area contributed by atoms with E-state index >= 15 is 0 Å². The van der Waals surface area contributed by atoms with Crippen molar-refractivity contribution in [2.75, 3.05) is 12.8 Å². The van der Waals surface area contributed by atoms with Gasteiger partial charge in [0, 0.05) is 16.7 Å². The standard InChI is InChI=1S/C16H16ClF2NS/c1-20-12(8-11-6-7-13(17)15(19)9-11)10-21-16-5-3-2-4-14(16)18/h2-7,9,12,20H,8,10H2,1H3. The molecule has 1 unspecified atom stereocenters. The quantitative estimate of drug-likeness (QED) is 0.782. The number of halogens is 3. The summed E-state index contributed by atoms with van der Waals surface area (Å²) in [5, 5.41) is 3.30. The van der Waals surface area contributed by atoms with Gasteiger partial charge in [0.15, 0.2) is 0 Å². The molecule has 5 heteroatoms.